The number of nitrogens with one attached hydrogen (secondary N) is 3. The van der Waals surface area contributed by atoms with Gasteiger partial charge in [0.05, 0.1) is 6.04 Å². The molecule has 2 heterocycles. The van der Waals surface area contributed by atoms with Crippen LogP contribution in [-0.4, -0.2) is 154 Å². The Kier molecular flexibility index (Phi) is 22.8. The van der Waals surface area contributed by atoms with Crippen molar-refractivity contribution < 1.29 is 43.3 Å². The topological polar surface area (TPSA) is 190 Å². The minimum Gasteiger partial charge on any atom is -0.480 e. The van der Waals surface area contributed by atoms with Crippen molar-refractivity contribution in [3.05, 3.63) is 166 Å². The largest absolute Gasteiger partial charge is 0.480 e. The average Bonchev–Trinajstić information content (AvgIpc) is 2.21. The predicted octanol–water partition coefficient (Wildman–Crippen LogP) is 10.8. The number of alkyl carbamates (subject to hydrolysis) is 2. The second-order valence-electron chi connectivity index (χ2n) is 24.0. The van der Waals surface area contributed by atoms with E-state index in [2.05, 4.69) is 51.2 Å². The molecule has 18 heteroatoms. The number of hydrogen-bond acceptors (Lipinski definition) is 10. The number of fused-ring (bicyclic) bond motifs is 2. The van der Waals surface area contributed by atoms with E-state index in [1.165, 1.54) is 0 Å². The molecule has 8 rings (SSSR count). The Morgan fingerprint density at radius 1 is 0.518 bits per heavy atom. The zero-order valence-corrected chi connectivity index (χ0v) is 51.9. The molecule has 2 aliphatic heterocycles. The number of likely N-dealkylation sites (N-methyl/N-ethyl adjacent to an activating group) is 1. The molecule has 2 aliphatic rings. The second kappa shape index (κ2) is 29.7. The summed E-state index contributed by atoms with van der Waals surface area (Å²) in [4.78, 5) is 86.9. The molecule has 4 N–H and O–H groups in total. The summed E-state index contributed by atoms with van der Waals surface area (Å²) in [5.41, 5.74) is 2.35. The van der Waals surface area contributed by atoms with Gasteiger partial charge in [-0.15, -0.1) is 0 Å². The molecule has 0 radical (unpaired) electrons. The van der Waals surface area contributed by atoms with Gasteiger partial charge >= 0.3 is 18.2 Å². The number of benzene rings is 6. The molecule has 85 heavy (non-hydrogen) atoms. The monoisotopic (exact) mass is 1200 g/mol. The van der Waals surface area contributed by atoms with Crippen LogP contribution in [0.1, 0.15) is 90.5 Å². The summed E-state index contributed by atoms with van der Waals surface area (Å²) in [7, 11) is 1.66. The molecule has 6 aromatic carbocycles. The van der Waals surface area contributed by atoms with Crippen LogP contribution < -0.4 is 16.0 Å². The third-order valence-corrected chi connectivity index (χ3v) is 15.9. The van der Waals surface area contributed by atoms with E-state index in [1.807, 2.05) is 103 Å². The molecule has 2 fully saturated rings. The van der Waals surface area contributed by atoms with Crippen LogP contribution in [0, 0.1) is 0 Å². The van der Waals surface area contributed by atoms with Crippen molar-refractivity contribution in [3.63, 3.8) is 0 Å². The van der Waals surface area contributed by atoms with Crippen LogP contribution >= 0.6 is 23.2 Å². The Morgan fingerprint density at radius 2 is 0.882 bits per heavy atom. The van der Waals surface area contributed by atoms with Crippen molar-refractivity contribution >= 4 is 80.6 Å². The van der Waals surface area contributed by atoms with E-state index in [1.54, 1.807) is 77.8 Å². The minimum atomic E-state index is -0.884. The molecule has 0 unspecified atom stereocenters. The van der Waals surface area contributed by atoms with Gasteiger partial charge in [-0.1, -0.05) is 146 Å². The molecule has 0 spiro atoms. The van der Waals surface area contributed by atoms with Gasteiger partial charge in [0.2, 0.25) is 17.7 Å². The van der Waals surface area contributed by atoms with Crippen LogP contribution in [0.3, 0.4) is 0 Å². The fraction of sp³-hybridized carbons (Fsp3) is 0.433. The molecule has 6 atom stereocenters. The highest BCUT2D eigenvalue weighted by Gasteiger charge is 2.40. The van der Waals surface area contributed by atoms with Crippen LogP contribution in [0.2, 0.25) is 10.0 Å². The van der Waals surface area contributed by atoms with Gasteiger partial charge in [-0.3, -0.25) is 29.0 Å². The molecule has 5 amide bonds. The summed E-state index contributed by atoms with van der Waals surface area (Å²) < 4.78 is 11.0. The van der Waals surface area contributed by atoms with Crippen LogP contribution in [0.5, 0.6) is 0 Å². The van der Waals surface area contributed by atoms with Crippen molar-refractivity contribution in [1.29, 1.82) is 0 Å². The Labute approximate surface area is 510 Å². The van der Waals surface area contributed by atoms with Crippen LogP contribution in [0.4, 0.5) is 9.59 Å². The van der Waals surface area contributed by atoms with Crippen LogP contribution in [0.25, 0.3) is 21.5 Å². The molecule has 0 aromatic heterocycles. The van der Waals surface area contributed by atoms with Gasteiger partial charge in [-0.25, -0.2) is 9.59 Å². The van der Waals surface area contributed by atoms with Gasteiger partial charge < -0.3 is 40.3 Å². The Balaban J connectivity index is 0.000000244. The van der Waals surface area contributed by atoms with E-state index >= 15 is 0 Å². The maximum atomic E-state index is 14.1. The number of hydrogen-bond donors (Lipinski definition) is 4. The predicted molar refractivity (Wildman–Crippen MR) is 336 cm³/mol. The average molecular weight is 1200 g/mol. The highest BCUT2D eigenvalue weighted by molar-refractivity contribution is 6.30. The van der Waals surface area contributed by atoms with Crippen molar-refractivity contribution in [2.75, 3.05) is 46.3 Å². The lowest BCUT2D eigenvalue weighted by Crippen LogP contribution is -2.63. The van der Waals surface area contributed by atoms with E-state index in [0.717, 1.165) is 43.8 Å². The first-order valence-corrected chi connectivity index (χ1v) is 30.1. The number of aliphatic carboxylic acids is 1. The molecular formula is C67H83Cl2N7O9. The number of amides is 5. The third-order valence-electron chi connectivity index (χ3n) is 15.4. The number of carbonyl (C=O) groups excluding carboxylic acids is 5. The third kappa shape index (κ3) is 18.9. The lowest BCUT2D eigenvalue weighted by atomic mass is 9.97. The number of piperazine rings is 2. The Hall–Kier alpha value is -7.24. The number of carbonyl (C=O) groups is 6. The maximum Gasteiger partial charge on any atom is 0.408 e. The molecule has 16 nitrogen and oxygen atoms in total. The van der Waals surface area contributed by atoms with Crippen LogP contribution in [0.15, 0.2) is 133 Å². The summed E-state index contributed by atoms with van der Waals surface area (Å²) in [5.74, 6) is -1.32. The molecular weight excluding hydrogens is 1120 g/mol. The quantitative estimate of drug-likeness (QED) is 0.0641. The van der Waals surface area contributed by atoms with Crippen molar-refractivity contribution in [2.24, 2.45) is 0 Å². The zero-order valence-electron chi connectivity index (χ0n) is 50.4. The molecule has 6 aromatic rings. The zero-order chi connectivity index (χ0) is 61.6. The van der Waals surface area contributed by atoms with E-state index in [4.69, 9.17) is 32.7 Å². The van der Waals surface area contributed by atoms with Crippen molar-refractivity contribution in [2.45, 2.75) is 141 Å². The number of ether oxygens (including phenoxy) is 2. The number of halogens is 2. The van der Waals surface area contributed by atoms with Crippen molar-refractivity contribution in [3.8, 4) is 0 Å². The first-order chi connectivity index (χ1) is 40.4. The first-order valence-electron chi connectivity index (χ1n) is 29.4. The minimum absolute atomic E-state index is 0.0463. The summed E-state index contributed by atoms with van der Waals surface area (Å²) in [6, 6.07) is 39.9. The standard InChI is InChI=1S/C34H43ClN4O4.C33H40ClN3O5/c1-6-28-22-38(30(31(40)36-5)21-24-11-14-25-9-7-8-10-26(25)19-24)17-18-39(28)32(41)29(37-33(42)43-34(2,3)4)20-23-12-15-27(35)16-13-23;1-5-27-21-36(29(31(39)40)20-23-10-13-24-8-6-7-9-25(24)18-23)16-17-37(27)30(38)28(35-32(41)42-33(2,3)4)19-22-11-14-26(34)15-12-22/h7-16,19,28-30H,6,17-18,20-22H2,1-5H3,(H,36,40)(H,37,42);6-15,18,27-29H,5,16-17,19-21H2,1-4H3,(H,35,41)(H,39,40)/t28-,29+,30-;27-,28+,29-/m00/s1. The Bertz CT molecular complexity index is 3260. The van der Waals surface area contributed by atoms with E-state index in [0.29, 0.717) is 81.4 Å². The molecule has 454 valence electrons. The maximum absolute atomic E-state index is 14.1. The van der Waals surface area contributed by atoms with E-state index in [9.17, 15) is 33.9 Å². The van der Waals surface area contributed by atoms with Gasteiger partial charge in [0.25, 0.3) is 0 Å². The second-order valence-corrected chi connectivity index (χ2v) is 24.9. The molecule has 0 saturated carbocycles. The van der Waals surface area contributed by atoms with E-state index < -0.39 is 47.5 Å². The number of carboxylic acid groups (broad SMARTS) is 1. The number of rotatable bonds is 18. The first kappa shape index (κ1) is 65.3. The fourth-order valence-electron chi connectivity index (χ4n) is 11.1. The lowest BCUT2D eigenvalue weighted by Gasteiger charge is -2.44. The van der Waals surface area contributed by atoms with Gasteiger partial charge in [-0.2, -0.15) is 0 Å². The lowest BCUT2D eigenvalue weighted by molar-refractivity contribution is -0.147. The fourth-order valence-corrected chi connectivity index (χ4v) is 11.4. The highest BCUT2D eigenvalue weighted by Crippen LogP contribution is 2.26. The highest BCUT2D eigenvalue weighted by atomic mass is 35.5. The summed E-state index contributed by atoms with van der Waals surface area (Å²) in [6.07, 6.45) is 1.55. The number of carboxylic acids is 1. The normalized spacial score (nSPS) is 17.4. The molecule has 2 saturated heterocycles. The number of nitrogens with zero attached hydrogens (tertiary/aromatic N) is 4. The molecule has 0 aliphatic carbocycles. The smallest absolute Gasteiger partial charge is 0.408 e. The van der Waals surface area contributed by atoms with Gasteiger partial charge in [0, 0.05) is 81.3 Å². The van der Waals surface area contributed by atoms with Gasteiger partial charge in [0.15, 0.2) is 0 Å². The van der Waals surface area contributed by atoms with E-state index in [-0.39, 0.29) is 42.3 Å². The van der Waals surface area contributed by atoms with Gasteiger partial charge in [0.1, 0.15) is 29.3 Å². The SMILES string of the molecule is CC[C@H]1CN([C@@H](Cc2ccc3ccccc3c2)C(=O)NC)CCN1C(=O)[C@@H](Cc1ccc(Cl)cc1)NC(=O)OC(C)(C)C.CC[C@H]1CN([C@@H](Cc2ccc3ccccc3c2)C(=O)O)CCN1C(=O)[C@@H](Cc1ccc(Cl)cc1)NC(=O)OC(C)(C)C. The summed E-state index contributed by atoms with van der Waals surface area (Å²) in [5, 5.41) is 24.3. The Morgan fingerprint density at radius 3 is 1.25 bits per heavy atom. The van der Waals surface area contributed by atoms with Crippen molar-refractivity contribution in [1.82, 2.24) is 35.6 Å². The van der Waals surface area contributed by atoms with Gasteiger partial charge in [-0.05, 0) is 135 Å². The summed E-state index contributed by atoms with van der Waals surface area (Å²) >= 11 is 12.1. The molecule has 0 bridgehead atoms. The summed E-state index contributed by atoms with van der Waals surface area (Å²) in [6.45, 7) is 17.4. The van der Waals surface area contributed by atoms with Crippen LogP contribution in [-0.2, 0) is 54.3 Å².